The van der Waals surface area contributed by atoms with Crippen LogP contribution in [-0.4, -0.2) is 11.3 Å². The van der Waals surface area contributed by atoms with Gasteiger partial charge >= 0.3 is 0 Å². The molecule has 0 atom stereocenters. The molecular formula is C9H11NO. The van der Waals surface area contributed by atoms with E-state index >= 15 is 0 Å². The van der Waals surface area contributed by atoms with E-state index in [0.29, 0.717) is 5.92 Å². The zero-order chi connectivity index (χ0) is 7.84. The largest absolute Gasteiger partial charge is 0.356 e. The first-order valence-corrected chi connectivity index (χ1v) is 3.96. The summed E-state index contributed by atoms with van der Waals surface area (Å²) in [4.78, 5) is 13.6. The van der Waals surface area contributed by atoms with Gasteiger partial charge in [0.05, 0.1) is 5.69 Å². The fraction of sp³-hybridized carbons (Fsp3) is 0.444. The van der Waals surface area contributed by atoms with E-state index in [0.717, 1.165) is 17.7 Å². The van der Waals surface area contributed by atoms with Crippen molar-refractivity contribution in [3.05, 3.63) is 23.0 Å². The maximum Gasteiger partial charge on any atom is 0.166 e. The van der Waals surface area contributed by atoms with Crippen molar-refractivity contribution in [2.24, 2.45) is 0 Å². The van der Waals surface area contributed by atoms with Gasteiger partial charge in [0.1, 0.15) is 0 Å². The zero-order valence-electron chi connectivity index (χ0n) is 6.55. The summed E-state index contributed by atoms with van der Waals surface area (Å²) in [5.41, 5.74) is 3.09. The lowest BCUT2D eigenvalue weighted by molar-refractivity contribution is 0.111. The normalized spacial score (nSPS) is 16.8. The van der Waals surface area contributed by atoms with Crippen molar-refractivity contribution in [3.63, 3.8) is 0 Å². The van der Waals surface area contributed by atoms with Gasteiger partial charge in [0, 0.05) is 5.69 Å². The predicted octanol–water partition coefficient (Wildman–Crippen LogP) is 2.01. The molecule has 0 saturated heterocycles. The number of aromatic amines is 1. The van der Waals surface area contributed by atoms with Gasteiger partial charge in [-0.1, -0.05) is 0 Å². The van der Waals surface area contributed by atoms with Crippen molar-refractivity contribution in [3.8, 4) is 0 Å². The molecule has 1 aliphatic carbocycles. The molecular weight excluding hydrogens is 138 g/mol. The van der Waals surface area contributed by atoms with Crippen molar-refractivity contribution in [2.45, 2.75) is 25.7 Å². The Hall–Kier alpha value is -1.05. The molecule has 0 radical (unpaired) electrons. The number of rotatable bonds is 2. The second-order valence-corrected chi connectivity index (χ2v) is 3.21. The van der Waals surface area contributed by atoms with E-state index in [2.05, 4.69) is 11.1 Å². The van der Waals surface area contributed by atoms with E-state index in [1.807, 2.05) is 6.92 Å². The van der Waals surface area contributed by atoms with Crippen LogP contribution in [0.15, 0.2) is 6.07 Å². The molecule has 2 heteroatoms. The van der Waals surface area contributed by atoms with Gasteiger partial charge in [-0.2, -0.15) is 0 Å². The lowest BCUT2D eigenvalue weighted by Gasteiger charge is -1.90. The number of carbonyl (C=O) groups is 1. The molecule has 0 amide bonds. The standard InChI is InChI=1S/C9H11NO/c1-6-4-8(7-2-3-7)9(5-11)10-6/h4-5,7,10H,2-3H2,1H3. The third-order valence-electron chi connectivity index (χ3n) is 2.15. The summed E-state index contributed by atoms with van der Waals surface area (Å²) < 4.78 is 0. The van der Waals surface area contributed by atoms with Crippen molar-refractivity contribution >= 4 is 6.29 Å². The highest BCUT2D eigenvalue weighted by atomic mass is 16.1. The van der Waals surface area contributed by atoms with Gasteiger partial charge in [0.15, 0.2) is 6.29 Å². The molecule has 1 aromatic heterocycles. The molecule has 11 heavy (non-hydrogen) atoms. The van der Waals surface area contributed by atoms with Crippen LogP contribution in [0.4, 0.5) is 0 Å². The van der Waals surface area contributed by atoms with Gasteiger partial charge in [-0.25, -0.2) is 0 Å². The number of aromatic nitrogens is 1. The number of hydrogen-bond acceptors (Lipinski definition) is 1. The summed E-state index contributed by atoms with van der Waals surface area (Å²) in [6.45, 7) is 1.98. The highest BCUT2D eigenvalue weighted by Crippen LogP contribution is 2.41. The zero-order valence-corrected chi connectivity index (χ0v) is 6.55. The van der Waals surface area contributed by atoms with Crippen LogP contribution in [-0.2, 0) is 0 Å². The van der Waals surface area contributed by atoms with Gasteiger partial charge in [0.2, 0.25) is 0 Å². The van der Waals surface area contributed by atoms with E-state index in [1.165, 1.54) is 18.4 Å². The highest BCUT2D eigenvalue weighted by molar-refractivity contribution is 5.75. The van der Waals surface area contributed by atoms with Crippen molar-refractivity contribution in [1.29, 1.82) is 0 Å². The summed E-state index contributed by atoms with van der Waals surface area (Å²) in [5.74, 6) is 0.667. The molecule has 2 rings (SSSR count). The SMILES string of the molecule is Cc1cc(C2CC2)c(C=O)[nH]1. The van der Waals surface area contributed by atoms with Gasteiger partial charge in [-0.3, -0.25) is 4.79 Å². The molecule has 1 aliphatic rings. The minimum atomic E-state index is 0.667. The molecule has 2 nitrogen and oxygen atoms in total. The fourth-order valence-corrected chi connectivity index (χ4v) is 1.46. The first-order valence-electron chi connectivity index (χ1n) is 3.96. The van der Waals surface area contributed by atoms with Gasteiger partial charge in [-0.15, -0.1) is 0 Å². The van der Waals surface area contributed by atoms with E-state index in [-0.39, 0.29) is 0 Å². The third kappa shape index (κ3) is 1.09. The molecule has 0 aromatic carbocycles. The van der Waals surface area contributed by atoms with Crippen LogP contribution < -0.4 is 0 Å². The monoisotopic (exact) mass is 149 g/mol. The van der Waals surface area contributed by atoms with Crippen LogP contribution in [0.2, 0.25) is 0 Å². The number of H-pyrrole nitrogens is 1. The second kappa shape index (κ2) is 2.22. The van der Waals surface area contributed by atoms with E-state index in [9.17, 15) is 4.79 Å². The second-order valence-electron chi connectivity index (χ2n) is 3.21. The quantitative estimate of drug-likeness (QED) is 0.641. The van der Waals surface area contributed by atoms with Gasteiger partial charge in [0.25, 0.3) is 0 Å². The topological polar surface area (TPSA) is 32.9 Å². The van der Waals surface area contributed by atoms with Gasteiger partial charge < -0.3 is 4.98 Å². The summed E-state index contributed by atoms with van der Waals surface area (Å²) >= 11 is 0. The summed E-state index contributed by atoms with van der Waals surface area (Å²) in [6.07, 6.45) is 3.41. The lowest BCUT2D eigenvalue weighted by atomic mass is 10.1. The third-order valence-corrected chi connectivity index (χ3v) is 2.15. The van der Waals surface area contributed by atoms with Gasteiger partial charge in [-0.05, 0) is 37.3 Å². The number of hydrogen-bond donors (Lipinski definition) is 1. The number of carbonyl (C=O) groups excluding carboxylic acids is 1. The van der Waals surface area contributed by atoms with Crippen LogP contribution in [0.3, 0.4) is 0 Å². The number of aldehydes is 1. The van der Waals surface area contributed by atoms with Crippen molar-refractivity contribution in [2.75, 3.05) is 0 Å². The molecule has 1 aromatic rings. The minimum absolute atomic E-state index is 0.667. The fourth-order valence-electron chi connectivity index (χ4n) is 1.46. The van der Waals surface area contributed by atoms with E-state index < -0.39 is 0 Å². The summed E-state index contributed by atoms with van der Waals surface area (Å²) in [5, 5.41) is 0. The Balaban J connectivity index is 2.41. The molecule has 58 valence electrons. The Morgan fingerprint density at radius 2 is 2.36 bits per heavy atom. The molecule has 1 N–H and O–H groups in total. The molecule has 1 saturated carbocycles. The van der Waals surface area contributed by atoms with Crippen LogP contribution >= 0.6 is 0 Å². The highest BCUT2D eigenvalue weighted by Gasteiger charge is 2.26. The lowest BCUT2D eigenvalue weighted by Crippen LogP contribution is -1.85. The van der Waals surface area contributed by atoms with Crippen molar-refractivity contribution < 1.29 is 4.79 Å². The van der Waals surface area contributed by atoms with Crippen molar-refractivity contribution in [1.82, 2.24) is 4.98 Å². The predicted molar refractivity (Wildman–Crippen MR) is 42.9 cm³/mol. The maximum absolute atomic E-state index is 10.5. The average Bonchev–Trinajstić information content (AvgIpc) is 2.75. The smallest absolute Gasteiger partial charge is 0.166 e. The molecule has 0 aliphatic heterocycles. The summed E-state index contributed by atoms with van der Waals surface area (Å²) in [7, 11) is 0. The van der Waals surface area contributed by atoms with Crippen LogP contribution in [0.1, 0.15) is 40.5 Å². The Labute approximate surface area is 65.6 Å². The Morgan fingerprint density at radius 3 is 2.91 bits per heavy atom. The van der Waals surface area contributed by atoms with E-state index in [4.69, 9.17) is 0 Å². The summed E-state index contributed by atoms with van der Waals surface area (Å²) in [6, 6.07) is 2.08. The minimum Gasteiger partial charge on any atom is -0.356 e. The molecule has 1 fully saturated rings. The Morgan fingerprint density at radius 1 is 1.64 bits per heavy atom. The Bertz CT molecular complexity index is 284. The molecule has 0 spiro atoms. The molecule has 0 bridgehead atoms. The molecule has 1 heterocycles. The van der Waals surface area contributed by atoms with Crippen LogP contribution in [0.5, 0.6) is 0 Å². The first kappa shape index (κ1) is 6.65. The van der Waals surface area contributed by atoms with E-state index in [1.54, 1.807) is 0 Å². The van der Waals surface area contributed by atoms with Crippen LogP contribution in [0.25, 0.3) is 0 Å². The molecule has 0 unspecified atom stereocenters. The number of aryl methyl sites for hydroxylation is 1. The maximum atomic E-state index is 10.5. The first-order chi connectivity index (χ1) is 5.31. The number of nitrogens with one attached hydrogen (secondary N) is 1. The Kier molecular flexibility index (Phi) is 1.34. The average molecular weight is 149 g/mol. The van der Waals surface area contributed by atoms with Crippen LogP contribution in [0, 0.1) is 6.92 Å².